The van der Waals surface area contributed by atoms with E-state index in [1.165, 1.54) is 0 Å². The minimum absolute atomic E-state index is 0.361. The number of hydrogen-bond donors (Lipinski definition) is 8. The molecule has 4 rings (SSSR count). The van der Waals surface area contributed by atoms with Gasteiger partial charge in [-0.3, -0.25) is 0 Å². The Hall–Kier alpha value is -2.65. The molecule has 1 unspecified atom stereocenters. The third-order valence-corrected chi connectivity index (χ3v) is 6.17. The lowest BCUT2D eigenvalue weighted by Crippen LogP contribution is -2.58. The number of nitrogens with zero attached hydrogens (tertiary/aromatic N) is 1. The molecule has 2 aromatic rings. The van der Waals surface area contributed by atoms with Crippen molar-refractivity contribution in [2.75, 3.05) is 13.2 Å². The van der Waals surface area contributed by atoms with Crippen molar-refractivity contribution in [3.05, 3.63) is 41.6 Å². The first-order chi connectivity index (χ1) is 17.2. The molecule has 3 heterocycles. The molecule has 11 heteroatoms. The summed E-state index contributed by atoms with van der Waals surface area (Å²) in [7, 11) is 0. The van der Waals surface area contributed by atoms with E-state index in [9.17, 15) is 40.9 Å². The van der Waals surface area contributed by atoms with Crippen LogP contribution in [0.1, 0.15) is 11.3 Å². The van der Waals surface area contributed by atoms with Crippen LogP contribution < -0.4 is 0 Å². The second-order valence-corrected chi connectivity index (χ2v) is 8.64. The maximum absolute atomic E-state index is 10.1. The first-order valence-electron chi connectivity index (χ1n) is 11.3. The molecule has 0 radical (unpaired) electrons. The maximum atomic E-state index is 10.1. The lowest BCUT2D eigenvalue weighted by atomic mass is 9.95. The Kier molecular flexibility index (Phi) is 8.20. The van der Waals surface area contributed by atoms with E-state index >= 15 is 0 Å². The van der Waals surface area contributed by atoms with Crippen LogP contribution in [0.4, 0.5) is 0 Å². The number of aromatic nitrogens is 1. The van der Waals surface area contributed by atoms with E-state index in [4.69, 9.17) is 9.47 Å². The highest BCUT2D eigenvalue weighted by Crippen LogP contribution is 2.22. The summed E-state index contributed by atoms with van der Waals surface area (Å²) in [5.41, 5.74) is 1.52. The number of benzene rings is 1. The fourth-order valence-corrected chi connectivity index (χ4v) is 4.01. The van der Waals surface area contributed by atoms with Crippen molar-refractivity contribution < 1.29 is 50.3 Å². The Morgan fingerprint density at radius 2 is 1.22 bits per heavy atom. The topological polar surface area (TPSA) is 193 Å². The summed E-state index contributed by atoms with van der Waals surface area (Å²) in [5.74, 6) is 11.0. The largest absolute Gasteiger partial charge is 0.394 e. The Morgan fingerprint density at radius 3 is 1.78 bits per heavy atom. The molecule has 2 aliphatic rings. The van der Waals surface area contributed by atoms with Crippen molar-refractivity contribution in [1.82, 2.24) is 4.98 Å². The molecule has 0 aliphatic carbocycles. The number of pyridine rings is 1. The van der Waals surface area contributed by atoms with Gasteiger partial charge in [0.05, 0.1) is 18.7 Å². The van der Waals surface area contributed by atoms with Crippen LogP contribution in [-0.2, 0) is 9.47 Å². The van der Waals surface area contributed by atoms with Crippen LogP contribution in [-0.4, -0.2) is 120 Å². The summed E-state index contributed by atoms with van der Waals surface area (Å²) in [6.07, 6.45) is -13.1. The maximum Gasteiger partial charge on any atom is 0.147 e. The first kappa shape index (κ1) is 26.4. The Morgan fingerprint density at radius 1 is 0.667 bits per heavy atom. The van der Waals surface area contributed by atoms with Gasteiger partial charge >= 0.3 is 0 Å². The van der Waals surface area contributed by atoms with Gasteiger partial charge in [0.2, 0.25) is 0 Å². The lowest BCUT2D eigenvalue weighted by molar-refractivity contribution is -0.214. The summed E-state index contributed by atoms with van der Waals surface area (Å²) in [5, 5.41) is 79.0. The zero-order valence-electron chi connectivity index (χ0n) is 18.9. The number of ether oxygens (including phenoxy) is 2. The highest BCUT2D eigenvalue weighted by Gasteiger charge is 2.43. The van der Waals surface area contributed by atoms with Gasteiger partial charge in [-0.2, -0.15) is 0 Å². The number of aliphatic hydroxyl groups is 8. The Labute approximate surface area is 206 Å². The normalized spacial score (nSPS) is 36.4. The van der Waals surface area contributed by atoms with E-state index in [-0.39, 0.29) is 0 Å². The molecule has 10 atom stereocenters. The molecule has 2 saturated heterocycles. The number of fused-ring (bicyclic) bond motifs is 1. The Bertz CT molecular complexity index is 1100. The van der Waals surface area contributed by atoms with Crippen molar-refractivity contribution in [2.24, 2.45) is 0 Å². The van der Waals surface area contributed by atoms with Crippen molar-refractivity contribution in [1.29, 1.82) is 0 Å². The predicted molar refractivity (Wildman–Crippen MR) is 123 cm³/mol. The summed E-state index contributed by atoms with van der Waals surface area (Å²) in [6, 6.07) is 8.51. The van der Waals surface area contributed by atoms with E-state index in [0.29, 0.717) is 16.8 Å². The van der Waals surface area contributed by atoms with E-state index in [0.717, 1.165) is 5.39 Å². The summed E-state index contributed by atoms with van der Waals surface area (Å²) < 4.78 is 10.8. The molecule has 2 aliphatic heterocycles. The van der Waals surface area contributed by atoms with Crippen molar-refractivity contribution in [2.45, 2.75) is 61.0 Å². The standard InChI is InChI=1S/C25H27NO10/c27-10-18-22(31)24(33)20(29)16(35-18)7-2-12-1-6-15-13(9-12)3-4-14(26-15)5-8-17-21(30)25(34)23(32)19(11-28)36-17/h1,3-4,6,9,16-25,27-34H,10-11H2/t16-,17-,18-,19-,20-,21-,22-,23-,24?,25-/m1/s1. The van der Waals surface area contributed by atoms with Gasteiger partial charge in [0, 0.05) is 10.9 Å². The SMILES string of the molecule is OC[C@H]1O[C@H](C#Cc2ccc3cc(C#C[C@H]4O[C@H](CO)[C@@H](O)C(O)[C@@H]4O)ccc3n2)[C@@H](O)[C@@H](O)[C@@H]1O. The summed E-state index contributed by atoms with van der Waals surface area (Å²) in [4.78, 5) is 4.43. The third kappa shape index (κ3) is 5.37. The van der Waals surface area contributed by atoms with Crippen LogP contribution in [0.5, 0.6) is 0 Å². The summed E-state index contributed by atoms with van der Waals surface area (Å²) >= 11 is 0. The van der Waals surface area contributed by atoms with E-state index in [1.807, 2.05) is 0 Å². The van der Waals surface area contributed by atoms with Crippen LogP contribution in [0, 0.1) is 23.7 Å². The molecule has 0 bridgehead atoms. The molecule has 2 fully saturated rings. The smallest absolute Gasteiger partial charge is 0.147 e. The average molecular weight is 501 g/mol. The van der Waals surface area contributed by atoms with Crippen LogP contribution in [0.2, 0.25) is 0 Å². The molecule has 1 aromatic carbocycles. The molecule has 36 heavy (non-hydrogen) atoms. The second-order valence-electron chi connectivity index (χ2n) is 8.64. The van der Waals surface area contributed by atoms with Crippen LogP contribution in [0.25, 0.3) is 10.9 Å². The molecular formula is C25H27NO10. The van der Waals surface area contributed by atoms with Crippen LogP contribution in [0.15, 0.2) is 30.3 Å². The molecule has 8 N–H and O–H groups in total. The van der Waals surface area contributed by atoms with Gasteiger partial charge in [-0.1, -0.05) is 17.8 Å². The summed E-state index contributed by atoms with van der Waals surface area (Å²) in [6.45, 7) is -1.08. The first-order valence-corrected chi connectivity index (χ1v) is 11.3. The molecular weight excluding hydrogens is 474 g/mol. The number of aliphatic hydroxyl groups excluding tert-OH is 8. The monoisotopic (exact) mass is 501 g/mol. The fourth-order valence-electron chi connectivity index (χ4n) is 4.01. The van der Waals surface area contributed by atoms with Crippen LogP contribution in [0.3, 0.4) is 0 Å². The second kappa shape index (κ2) is 11.2. The van der Waals surface area contributed by atoms with Gasteiger partial charge in [-0.15, -0.1) is 0 Å². The van der Waals surface area contributed by atoms with Crippen LogP contribution >= 0.6 is 0 Å². The highest BCUT2D eigenvalue weighted by molar-refractivity contribution is 5.80. The van der Waals surface area contributed by atoms with E-state index in [2.05, 4.69) is 28.7 Å². The zero-order valence-corrected chi connectivity index (χ0v) is 18.9. The minimum atomic E-state index is -1.51. The average Bonchev–Trinajstić information content (AvgIpc) is 2.89. The third-order valence-electron chi connectivity index (χ3n) is 6.17. The molecule has 11 nitrogen and oxygen atoms in total. The molecule has 0 amide bonds. The molecule has 192 valence electrons. The molecule has 1 aromatic heterocycles. The quantitative estimate of drug-likeness (QED) is 0.191. The van der Waals surface area contributed by atoms with E-state index in [1.54, 1.807) is 30.3 Å². The van der Waals surface area contributed by atoms with Gasteiger partial charge in [-0.05, 0) is 36.3 Å². The number of hydrogen-bond acceptors (Lipinski definition) is 11. The van der Waals surface area contributed by atoms with Gasteiger partial charge in [0.15, 0.2) is 0 Å². The fraction of sp³-hybridized carbons (Fsp3) is 0.480. The number of rotatable bonds is 2. The van der Waals surface area contributed by atoms with Gasteiger partial charge in [-0.25, -0.2) is 4.98 Å². The van der Waals surface area contributed by atoms with Gasteiger partial charge in [0.1, 0.15) is 66.7 Å². The zero-order chi connectivity index (χ0) is 26.0. The lowest BCUT2D eigenvalue weighted by Gasteiger charge is -2.37. The van der Waals surface area contributed by atoms with Crippen molar-refractivity contribution >= 4 is 10.9 Å². The predicted octanol–water partition coefficient (Wildman–Crippen LogP) is -3.38. The minimum Gasteiger partial charge on any atom is -0.394 e. The Balaban J connectivity index is 1.50. The van der Waals surface area contributed by atoms with E-state index < -0.39 is 74.3 Å². The molecule has 0 saturated carbocycles. The highest BCUT2D eigenvalue weighted by atomic mass is 16.5. The molecule has 0 spiro atoms. The van der Waals surface area contributed by atoms with Crippen molar-refractivity contribution in [3.8, 4) is 23.7 Å². The van der Waals surface area contributed by atoms with Crippen molar-refractivity contribution in [3.63, 3.8) is 0 Å². The van der Waals surface area contributed by atoms with Gasteiger partial charge in [0.25, 0.3) is 0 Å². The van der Waals surface area contributed by atoms with Gasteiger partial charge < -0.3 is 50.3 Å².